The molecule has 0 unspecified atom stereocenters. The second-order valence-corrected chi connectivity index (χ2v) is 9.69. The van der Waals surface area contributed by atoms with E-state index in [4.69, 9.17) is 4.74 Å². The Morgan fingerprint density at radius 3 is 2.48 bits per heavy atom. The lowest BCUT2D eigenvalue weighted by Crippen LogP contribution is -2.40. The summed E-state index contributed by atoms with van der Waals surface area (Å²) in [6, 6.07) is 7.31. The summed E-state index contributed by atoms with van der Waals surface area (Å²) in [5.74, 6) is -0.157. The lowest BCUT2D eigenvalue weighted by atomic mass is 9.97. The lowest BCUT2D eigenvalue weighted by Gasteiger charge is -2.29. The van der Waals surface area contributed by atoms with Crippen molar-refractivity contribution in [3.63, 3.8) is 0 Å². The Balaban J connectivity index is 2.15. The van der Waals surface area contributed by atoms with Crippen LogP contribution in [-0.2, 0) is 21.1 Å². The number of aromatic nitrogens is 1. The predicted molar refractivity (Wildman–Crippen MR) is 114 cm³/mol. The van der Waals surface area contributed by atoms with Gasteiger partial charge < -0.3 is 14.2 Å². The van der Waals surface area contributed by atoms with E-state index in [2.05, 4.69) is 0 Å². The molecular formula is C21H26N2O5S. The van der Waals surface area contributed by atoms with Gasteiger partial charge in [0.05, 0.1) is 19.0 Å². The second kappa shape index (κ2) is 8.51. The van der Waals surface area contributed by atoms with Gasteiger partial charge in [-0.25, -0.2) is 8.42 Å². The Kier molecular flexibility index (Phi) is 6.24. The van der Waals surface area contributed by atoms with Crippen LogP contribution in [0.1, 0.15) is 22.8 Å². The van der Waals surface area contributed by atoms with Gasteiger partial charge in [-0.05, 0) is 37.1 Å². The summed E-state index contributed by atoms with van der Waals surface area (Å²) >= 11 is 0. The van der Waals surface area contributed by atoms with Crippen LogP contribution in [0.2, 0.25) is 0 Å². The highest BCUT2D eigenvalue weighted by molar-refractivity contribution is 7.90. The number of ether oxygens (including phenoxy) is 1. The molecule has 156 valence electrons. The Morgan fingerprint density at radius 2 is 1.86 bits per heavy atom. The fourth-order valence-electron chi connectivity index (χ4n) is 3.38. The zero-order valence-electron chi connectivity index (χ0n) is 17.0. The highest BCUT2D eigenvalue weighted by atomic mass is 32.2. The molecule has 1 saturated heterocycles. The van der Waals surface area contributed by atoms with E-state index in [0.29, 0.717) is 37.6 Å². The Labute approximate surface area is 170 Å². The van der Waals surface area contributed by atoms with E-state index in [1.807, 2.05) is 30.0 Å². The van der Waals surface area contributed by atoms with Crippen molar-refractivity contribution in [3.05, 3.63) is 51.9 Å². The van der Waals surface area contributed by atoms with Crippen LogP contribution in [0.25, 0.3) is 11.1 Å². The third-order valence-electron chi connectivity index (χ3n) is 5.08. The van der Waals surface area contributed by atoms with Crippen molar-refractivity contribution >= 4 is 21.3 Å². The van der Waals surface area contributed by atoms with E-state index >= 15 is 0 Å². The van der Waals surface area contributed by atoms with E-state index < -0.39 is 9.84 Å². The summed E-state index contributed by atoms with van der Waals surface area (Å²) in [6.45, 7) is 5.79. The largest absolute Gasteiger partial charge is 0.378 e. The number of pyridine rings is 1. The van der Waals surface area contributed by atoms with Crippen molar-refractivity contribution in [2.24, 2.45) is 0 Å². The molecule has 8 heteroatoms. The number of Topliss-reactive ketones (excluding diaryl/α,β-unsaturated/α-hetero) is 1. The minimum atomic E-state index is -3.22. The minimum Gasteiger partial charge on any atom is -0.378 e. The number of sulfone groups is 1. The molecule has 0 N–H and O–H groups in total. The van der Waals surface area contributed by atoms with E-state index in [0.717, 1.165) is 22.9 Å². The smallest absolute Gasteiger partial charge is 0.274 e. The molecule has 0 aliphatic carbocycles. The molecule has 0 atom stereocenters. The van der Waals surface area contributed by atoms with Crippen LogP contribution >= 0.6 is 0 Å². The fourth-order valence-corrected chi connectivity index (χ4v) is 3.91. The highest BCUT2D eigenvalue weighted by Gasteiger charge is 2.19. The van der Waals surface area contributed by atoms with Crippen molar-refractivity contribution in [1.29, 1.82) is 0 Å². The van der Waals surface area contributed by atoms with Crippen molar-refractivity contribution in [2.75, 3.05) is 43.2 Å². The Bertz CT molecular complexity index is 1080. The fraction of sp³-hybridized carbons (Fsp3) is 0.429. The van der Waals surface area contributed by atoms with Crippen LogP contribution in [0.4, 0.5) is 5.69 Å². The van der Waals surface area contributed by atoms with Gasteiger partial charge in [0.25, 0.3) is 5.56 Å². The topological polar surface area (TPSA) is 85.7 Å². The standard InChI is InChI=1S/C21H26N2O5S/c1-15-4-5-17(16(2)24)12-19(15)18-13-20(22-6-9-28-10-7-22)21(25)23(14-18)8-11-29(3,26)27/h4-5,12-14H,6-11H2,1-3H3. The number of benzene rings is 1. The molecule has 1 aromatic carbocycles. The number of aryl methyl sites for hydroxylation is 2. The van der Waals surface area contributed by atoms with Gasteiger partial charge in [-0.1, -0.05) is 12.1 Å². The maximum atomic E-state index is 13.1. The maximum Gasteiger partial charge on any atom is 0.274 e. The molecule has 0 bridgehead atoms. The van der Waals surface area contributed by atoms with E-state index in [-0.39, 0.29) is 23.6 Å². The highest BCUT2D eigenvalue weighted by Crippen LogP contribution is 2.27. The third-order valence-corrected chi connectivity index (χ3v) is 6.00. The zero-order valence-corrected chi connectivity index (χ0v) is 17.8. The number of hydrogen-bond donors (Lipinski definition) is 0. The van der Waals surface area contributed by atoms with Crippen LogP contribution in [-0.4, -0.2) is 57.1 Å². The van der Waals surface area contributed by atoms with Gasteiger partial charge in [0.2, 0.25) is 0 Å². The molecule has 1 aromatic heterocycles. The van der Waals surface area contributed by atoms with Crippen molar-refractivity contribution in [1.82, 2.24) is 4.57 Å². The van der Waals surface area contributed by atoms with Gasteiger partial charge in [-0.15, -0.1) is 0 Å². The van der Waals surface area contributed by atoms with Gasteiger partial charge in [-0.3, -0.25) is 9.59 Å². The summed E-state index contributed by atoms with van der Waals surface area (Å²) in [5.41, 5.74) is 3.48. The molecule has 2 heterocycles. The number of carbonyl (C=O) groups excluding carboxylic acids is 1. The molecule has 0 spiro atoms. The molecule has 2 aromatic rings. The van der Waals surface area contributed by atoms with Gasteiger partial charge in [-0.2, -0.15) is 0 Å². The van der Waals surface area contributed by atoms with E-state index in [9.17, 15) is 18.0 Å². The summed E-state index contributed by atoms with van der Waals surface area (Å²) in [7, 11) is -3.22. The third kappa shape index (κ3) is 5.13. The van der Waals surface area contributed by atoms with Crippen LogP contribution in [0.5, 0.6) is 0 Å². The minimum absolute atomic E-state index is 0.0370. The summed E-state index contributed by atoms with van der Waals surface area (Å²) in [5, 5.41) is 0. The normalized spacial score (nSPS) is 14.8. The predicted octanol–water partition coefficient (Wildman–Crippen LogP) is 1.91. The molecule has 1 aliphatic rings. The van der Waals surface area contributed by atoms with Crippen LogP contribution < -0.4 is 10.5 Å². The first-order chi connectivity index (χ1) is 13.7. The zero-order chi connectivity index (χ0) is 21.2. The first-order valence-corrected chi connectivity index (χ1v) is 11.6. The maximum absolute atomic E-state index is 13.1. The Morgan fingerprint density at radius 1 is 1.17 bits per heavy atom. The van der Waals surface area contributed by atoms with E-state index in [1.165, 1.54) is 11.5 Å². The molecule has 0 amide bonds. The molecule has 1 fully saturated rings. The first kappa shape index (κ1) is 21.3. The average Bonchev–Trinajstić information content (AvgIpc) is 2.67. The number of nitrogens with zero attached hydrogens (tertiary/aromatic N) is 2. The van der Waals surface area contributed by atoms with E-state index in [1.54, 1.807) is 12.3 Å². The van der Waals surface area contributed by atoms with Crippen molar-refractivity contribution in [3.8, 4) is 11.1 Å². The van der Waals surface area contributed by atoms with Gasteiger partial charge in [0.1, 0.15) is 15.5 Å². The molecule has 29 heavy (non-hydrogen) atoms. The van der Waals surface area contributed by atoms with Gasteiger partial charge in [0, 0.05) is 43.2 Å². The van der Waals surface area contributed by atoms with Crippen LogP contribution in [0, 0.1) is 6.92 Å². The number of rotatable bonds is 6. The number of morpholine rings is 1. The summed E-state index contributed by atoms with van der Waals surface area (Å²) in [6.07, 6.45) is 2.84. The number of ketones is 1. The summed E-state index contributed by atoms with van der Waals surface area (Å²) in [4.78, 5) is 26.9. The molecular weight excluding hydrogens is 392 g/mol. The monoisotopic (exact) mass is 418 g/mol. The SMILES string of the molecule is CC(=O)c1ccc(C)c(-c2cc(N3CCOCC3)c(=O)n(CCS(C)(=O)=O)c2)c1. The van der Waals surface area contributed by atoms with Crippen LogP contribution in [0.3, 0.4) is 0 Å². The average molecular weight is 419 g/mol. The molecule has 0 radical (unpaired) electrons. The molecule has 3 rings (SSSR count). The lowest BCUT2D eigenvalue weighted by molar-refractivity contribution is 0.101. The molecule has 1 aliphatic heterocycles. The van der Waals surface area contributed by atoms with Crippen LogP contribution in [0.15, 0.2) is 35.3 Å². The summed E-state index contributed by atoms with van der Waals surface area (Å²) < 4.78 is 30.2. The number of anilines is 1. The van der Waals surface area contributed by atoms with Gasteiger partial charge in [0.15, 0.2) is 5.78 Å². The number of carbonyl (C=O) groups is 1. The van der Waals surface area contributed by atoms with Gasteiger partial charge >= 0.3 is 0 Å². The van der Waals surface area contributed by atoms with Crippen molar-refractivity contribution < 1.29 is 17.9 Å². The number of hydrogen-bond acceptors (Lipinski definition) is 6. The molecule has 7 nitrogen and oxygen atoms in total. The second-order valence-electron chi connectivity index (χ2n) is 7.43. The quantitative estimate of drug-likeness (QED) is 0.666. The van der Waals surface area contributed by atoms with Crippen molar-refractivity contribution in [2.45, 2.75) is 20.4 Å². The molecule has 0 saturated carbocycles. The Hall–Kier alpha value is -2.45. The first-order valence-electron chi connectivity index (χ1n) is 9.52.